The minimum absolute atomic E-state index is 0. The molecule has 0 aliphatic rings. The van der Waals surface area contributed by atoms with E-state index >= 15 is 0 Å². The number of hydrogen-bond acceptors (Lipinski definition) is 4. The van der Waals surface area contributed by atoms with E-state index in [1.807, 2.05) is 0 Å². The summed E-state index contributed by atoms with van der Waals surface area (Å²) >= 11 is 9.10. The van der Waals surface area contributed by atoms with E-state index in [9.17, 15) is 0 Å². The van der Waals surface area contributed by atoms with E-state index in [2.05, 4.69) is 31.1 Å². The van der Waals surface area contributed by atoms with Gasteiger partial charge in [-0.1, -0.05) is 11.6 Å². The van der Waals surface area contributed by atoms with Crippen molar-refractivity contribution in [2.75, 3.05) is 0 Å². The number of H-pyrrole nitrogens is 1. The van der Waals surface area contributed by atoms with E-state index < -0.39 is 5.97 Å². The zero-order valence-corrected chi connectivity index (χ0v) is 14.1. The van der Waals surface area contributed by atoms with Gasteiger partial charge in [-0.3, -0.25) is 5.10 Å². The zero-order chi connectivity index (χ0) is 11.4. The number of nitrogens with zero attached hydrogens (tertiary/aromatic N) is 2. The third kappa shape index (κ3) is 4.78. The second-order valence-corrected chi connectivity index (χ2v) is 3.76. The van der Waals surface area contributed by atoms with Gasteiger partial charge in [0.15, 0.2) is 5.15 Å². The van der Waals surface area contributed by atoms with Crippen molar-refractivity contribution < 1.29 is 61.3 Å². The molecule has 0 radical (unpaired) electrons. The van der Waals surface area contributed by atoms with Gasteiger partial charge in [-0.2, -0.15) is 5.10 Å². The van der Waals surface area contributed by atoms with Crippen molar-refractivity contribution in [3.63, 3.8) is 0 Å². The number of aromatic nitrogens is 3. The Morgan fingerprint density at radius 2 is 2.12 bits per heavy atom. The number of carboxylic acid groups (broad SMARTS) is 1. The van der Waals surface area contributed by atoms with Crippen LogP contribution in [0.1, 0.15) is 6.92 Å². The third-order valence-corrected chi connectivity index (χ3v) is 2.31. The normalized spacial score (nSPS) is 8.94. The summed E-state index contributed by atoms with van der Waals surface area (Å²) in [6.45, 7) is 0.972. The summed E-state index contributed by atoms with van der Waals surface area (Å²) in [6, 6.07) is 0. The second-order valence-electron chi connectivity index (χ2n) is 2.55. The molecule has 2 heterocycles. The van der Waals surface area contributed by atoms with Crippen LogP contribution >= 0.6 is 27.5 Å². The maximum Gasteiger partial charge on any atom is 1.00 e. The molecule has 16 heavy (non-hydrogen) atoms. The molecule has 0 bridgehead atoms. The maximum absolute atomic E-state index is 8.89. The van der Waals surface area contributed by atoms with Gasteiger partial charge in [0.2, 0.25) is 0 Å². The number of aromatic amines is 1. The molecule has 8 heteroatoms. The van der Waals surface area contributed by atoms with Crippen LogP contribution in [0.15, 0.2) is 16.9 Å². The number of carboxylic acids is 1. The molecule has 0 aliphatic heterocycles. The van der Waals surface area contributed by atoms with Crippen LogP contribution in [-0.2, 0) is 4.79 Å². The fraction of sp³-hybridized carbons (Fsp3) is 0.125. The molecule has 0 atom stereocenters. The molecule has 0 amide bonds. The number of nitrogens with one attached hydrogen (secondary N) is 1. The fourth-order valence-corrected chi connectivity index (χ4v) is 1.47. The van der Waals surface area contributed by atoms with Crippen molar-refractivity contribution in [2.24, 2.45) is 0 Å². The van der Waals surface area contributed by atoms with Crippen molar-refractivity contribution in [3.8, 4) is 0 Å². The van der Waals surface area contributed by atoms with Crippen LogP contribution in [0.5, 0.6) is 0 Å². The van der Waals surface area contributed by atoms with Crippen molar-refractivity contribution in [1.82, 2.24) is 15.2 Å². The second kappa shape index (κ2) is 7.75. The van der Waals surface area contributed by atoms with Gasteiger partial charge < -0.3 is 9.90 Å². The first-order chi connectivity index (χ1) is 7.02. The molecule has 0 aromatic carbocycles. The van der Waals surface area contributed by atoms with E-state index in [4.69, 9.17) is 21.5 Å². The predicted molar refractivity (Wildman–Crippen MR) is 57.3 cm³/mol. The summed E-state index contributed by atoms with van der Waals surface area (Å²) in [5, 5.41) is 16.9. The Hall–Kier alpha value is 0.496. The number of hydrogen-bond donors (Lipinski definition) is 1. The van der Waals surface area contributed by atoms with Gasteiger partial charge in [0.05, 0.1) is 6.20 Å². The van der Waals surface area contributed by atoms with Gasteiger partial charge in [0.25, 0.3) is 0 Å². The molecule has 0 fully saturated rings. The molecule has 0 saturated carbocycles. The van der Waals surface area contributed by atoms with E-state index in [0.29, 0.717) is 5.15 Å². The molecular weight excluding hydrogens is 325 g/mol. The van der Waals surface area contributed by atoms with E-state index in [1.165, 1.54) is 0 Å². The molecule has 5 nitrogen and oxygen atoms in total. The zero-order valence-electron chi connectivity index (χ0n) is 8.62. The van der Waals surface area contributed by atoms with Gasteiger partial charge in [-0.05, 0) is 22.9 Å². The van der Waals surface area contributed by atoms with Gasteiger partial charge in [-0.25, -0.2) is 4.98 Å². The average Bonchev–Trinajstić information content (AvgIpc) is 2.60. The SMILES string of the molecule is CC(=O)[O-].Clc1ncc(Br)c2cn[nH]c12.[K+]. The largest absolute Gasteiger partial charge is 1.00 e. The summed E-state index contributed by atoms with van der Waals surface area (Å²) in [6.07, 6.45) is 3.35. The molecule has 0 spiro atoms. The smallest absolute Gasteiger partial charge is 0.550 e. The fourth-order valence-electron chi connectivity index (χ4n) is 0.872. The van der Waals surface area contributed by atoms with Gasteiger partial charge >= 0.3 is 51.4 Å². The summed E-state index contributed by atoms with van der Waals surface area (Å²) in [5.74, 6) is -1.08. The van der Waals surface area contributed by atoms with Crippen molar-refractivity contribution in [1.29, 1.82) is 0 Å². The Kier molecular flexibility index (Phi) is 7.99. The van der Waals surface area contributed by atoms with Crippen LogP contribution in [0.25, 0.3) is 10.9 Å². The minimum Gasteiger partial charge on any atom is -0.550 e. The molecular formula is C8H6BrClKN3O2. The first kappa shape index (κ1) is 16.5. The first-order valence-electron chi connectivity index (χ1n) is 3.83. The first-order valence-corrected chi connectivity index (χ1v) is 5.00. The van der Waals surface area contributed by atoms with Crippen LogP contribution in [0.4, 0.5) is 0 Å². The molecule has 0 unspecified atom stereocenters. The molecule has 1 N–H and O–H groups in total. The summed E-state index contributed by atoms with van der Waals surface area (Å²) in [5.41, 5.74) is 0.765. The Morgan fingerprint density at radius 3 is 2.62 bits per heavy atom. The van der Waals surface area contributed by atoms with Crippen molar-refractivity contribution >= 4 is 44.4 Å². The molecule has 2 rings (SSSR count). The topological polar surface area (TPSA) is 81.7 Å². The number of halogens is 2. The number of fused-ring (bicyclic) bond motifs is 1. The molecule has 0 aliphatic carbocycles. The molecule has 2 aromatic heterocycles. The number of carbonyl (C=O) groups excluding carboxylic acids is 1. The predicted octanol–water partition coefficient (Wildman–Crippen LogP) is -1.87. The summed E-state index contributed by atoms with van der Waals surface area (Å²) < 4.78 is 0.894. The van der Waals surface area contributed by atoms with E-state index in [0.717, 1.165) is 22.3 Å². The third-order valence-electron chi connectivity index (χ3n) is 1.39. The Bertz CT molecular complexity index is 451. The molecule has 80 valence electrons. The molecule has 2 aromatic rings. The van der Waals surface area contributed by atoms with Crippen LogP contribution in [0.3, 0.4) is 0 Å². The standard InChI is InChI=1S/C6H3BrClN3.C2H4O2.K/c7-4-2-9-6(8)5-3(4)1-10-11-5;1-2(3)4;/h1-2H,(H,10,11);1H3,(H,3,4);/q;;+1/p-1. The monoisotopic (exact) mass is 329 g/mol. The number of rotatable bonds is 0. The number of pyridine rings is 1. The van der Waals surface area contributed by atoms with Crippen LogP contribution in [-0.4, -0.2) is 21.2 Å². The Morgan fingerprint density at radius 1 is 1.56 bits per heavy atom. The van der Waals surface area contributed by atoms with Crippen LogP contribution in [0.2, 0.25) is 5.15 Å². The van der Waals surface area contributed by atoms with Crippen LogP contribution in [0, 0.1) is 0 Å². The van der Waals surface area contributed by atoms with Gasteiger partial charge in [-0.15, -0.1) is 0 Å². The quantitative estimate of drug-likeness (QED) is 0.453. The van der Waals surface area contributed by atoms with Crippen molar-refractivity contribution in [2.45, 2.75) is 6.92 Å². The average molecular weight is 331 g/mol. The van der Waals surface area contributed by atoms with Gasteiger partial charge in [0, 0.05) is 22.0 Å². The number of carbonyl (C=O) groups is 1. The van der Waals surface area contributed by atoms with Crippen LogP contribution < -0.4 is 56.5 Å². The maximum atomic E-state index is 8.89. The molecule has 0 saturated heterocycles. The Labute approximate surface area is 148 Å². The van der Waals surface area contributed by atoms with Gasteiger partial charge in [0.1, 0.15) is 5.52 Å². The van der Waals surface area contributed by atoms with E-state index in [1.54, 1.807) is 12.4 Å². The summed E-state index contributed by atoms with van der Waals surface area (Å²) in [4.78, 5) is 12.8. The minimum atomic E-state index is -1.08. The Balaban J connectivity index is 0.000000397. The van der Waals surface area contributed by atoms with E-state index in [-0.39, 0.29) is 51.4 Å². The summed E-state index contributed by atoms with van der Waals surface area (Å²) in [7, 11) is 0. The number of aliphatic carboxylic acids is 1. The van der Waals surface area contributed by atoms with Crippen molar-refractivity contribution in [3.05, 3.63) is 22.0 Å².